The third kappa shape index (κ3) is 5.71. The summed E-state index contributed by atoms with van der Waals surface area (Å²) in [5.74, 6) is -0.751. The summed E-state index contributed by atoms with van der Waals surface area (Å²) >= 11 is 0. The Hall–Kier alpha value is -2.72. The lowest BCUT2D eigenvalue weighted by Gasteiger charge is -2.27. The molecule has 0 aliphatic rings. The molecule has 2 aromatic rings. The number of H-pyrrole nitrogens is 1. The molecule has 10 heteroatoms. The fourth-order valence-corrected chi connectivity index (χ4v) is 4.21. The first-order valence-electron chi connectivity index (χ1n) is 9.87. The highest BCUT2D eigenvalue weighted by atomic mass is 32.2. The van der Waals surface area contributed by atoms with Crippen LogP contribution in [-0.2, 0) is 14.8 Å². The van der Waals surface area contributed by atoms with Crippen molar-refractivity contribution in [3.63, 3.8) is 0 Å². The van der Waals surface area contributed by atoms with Crippen LogP contribution in [0.15, 0.2) is 27.9 Å². The number of aromatic nitrogens is 2. The molecule has 0 saturated carbocycles. The lowest BCUT2D eigenvalue weighted by Crippen LogP contribution is -2.48. The zero-order chi connectivity index (χ0) is 23.6. The number of ether oxygens (including phenoxy) is 1. The van der Waals surface area contributed by atoms with E-state index in [1.165, 1.54) is 18.2 Å². The quantitative estimate of drug-likeness (QED) is 0.561. The second kappa shape index (κ2) is 9.19. The summed E-state index contributed by atoms with van der Waals surface area (Å²) in [5.41, 5.74) is 0.0605. The first kappa shape index (κ1) is 24.5. The van der Waals surface area contributed by atoms with Gasteiger partial charge in [-0.2, -0.15) is 4.72 Å². The predicted molar refractivity (Wildman–Crippen MR) is 117 cm³/mol. The van der Waals surface area contributed by atoms with Gasteiger partial charge in [-0.25, -0.2) is 13.4 Å². The molecule has 0 amide bonds. The van der Waals surface area contributed by atoms with Crippen molar-refractivity contribution in [1.29, 1.82) is 0 Å². The number of nitrogens with zero attached hydrogens (tertiary/aromatic N) is 1. The van der Waals surface area contributed by atoms with Gasteiger partial charge >= 0.3 is 5.97 Å². The largest absolute Gasteiger partial charge is 0.493 e. The SMILES string of the molecule is CCCOc1ccc(S(=O)(=O)NC(C(=O)O)C(C)(C)C)cc1-c1nc(C)c(C)c(=O)[nH]1. The lowest BCUT2D eigenvalue weighted by atomic mass is 9.88. The maximum Gasteiger partial charge on any atom is 0.322 e. The number of aliphatic carboxylic acids is 1. The maximum atomic E-state index is 13.0. The van der Waals surface area contributed by atoms with Gasteiger partial charge in [0.1, 0.15) is 17.6 Å². The van der Waals surface area contributed by atoms with E-state index in [4.69, 9.17) is 4.74 Å². The minimum atomic E-state index is -4.19. The molecule has 1 aromatic heterocycles. The smallest absolute Gasteiger partial charge is 0.322 e. The van der Waals surface area contributed by atoms with E-state index in [1.54, 1.807) is 34.6 Å². The van der Waals surface area contributed by atoms with Crippen molar-refractivity contribution in [3.05, 3.63) is 39.8 Å². The Morgan fingerprint density at radius 2 is 1.94 bits per heavy atom. The van der Waals surface area contributed by atoms with E-state index >= 15 is 0 Å². The predicted octanol–water partition coefficient (Wildman–Crippen LogP) is 2.62. The van der Waals surface area contributed by atoms with Crippen molar-refractivity contribution in [1.82, 2.24) is 14.7 Å². The van der Waals surface area contributed by atoms with Crippen LogP contribution in [0.1, 0.15) is 45.4 Å². The van der Waals surface area contributed by atoms with Crippen LogP contribution in [0.5, 0.6) is 5.75 Å². The van der Waals surface area contributed by atoms with Crippen LogP contribution >= 0.6 is 0 Å². The van der Waals surface area contributed by atoms with Crippen LogP contribution in [0.4, 0.5) is 0 Å². The fourth-order valence-electron chi connectivity index (χ4n) is 2.79. The summed E-state index contributed by atoms with van der Waals surface area (Å²) in [4.78, 5) is 30.7. The molecule has 1 aromatic carbocycles. The van der Waals surface area contributed by atoms with Crippen molar-refractivity contribution in [2.24, 2.45) is 5.41 Å². The number of aromatic amines is 1. The van der Waals surface area contributed by atoms with Gasteiger partial charge < -0.3 is 14.8 Å². The highest BCUT2D eigenvalue weighted by molar-refractivity contribution is 7.89. The number of hydrogen-bond acceptors (Lipinski definition) is 6. The van der Waals surface area contributed by atoms with Gasteiger partial charge in [0, 0.05) is 11.3 Å². The van der Waals surface area contributed by atoms with Gasteiger partial charge in [-0.05, 0) is 43.9 Å². The molecule has 170 valence electrons. The van der Waals surface area contributed by atoms with Crippen LogP contribution in [0.25, 0.3) is 11.4 Å². The zero-order valence-electron chi connectivity index (χ0n) is 18.6. The molecule has 31 heavy (non-hydrogen) atoms. The van der Waals surface area contributed by atoms with Crippen LogP contribution in [-0.4, -0.2) is 42.1 Å². The third-order valence-electron chi connectivity index (χ3n) is 4.76. The minimum absolute atomic E-state index is 0.164. The number of nitrogens with one attached hydrogen (secondary N) is 2. The van der Waals surface area contributed by atoms with Gasteiger partial charge in [-0.15, -0.1) is 0 Å². The fraction of sp³-hybridized carbons (Fsp3) is 0.476. The number of rotatable bonds is 8. The summed E-state index contributed by atoms with van der Waals surface area (Å²) < 4.78 is 33.9. The number of carbonyl (C=O) groups is 1. The molecule has 0 fully saturated rings. The van der Waals surface area contributed by atoms with Crippen molar-refractivity contribution in [2.45, 2.75) is 58.9 Å². The molecule has 3 N–H and O–H groups in total. The molecule has 2 rings (SSSR count). The Labute approximate surface area is 181 Å². The van der Waals surface area contributed by atoms with Gasteiger partial charge in [-0.1, -0.05) is 27.7 Å². The van der Waals surface area contributed by atoms with E-state index in [9.17, 15) is 23.1 Å². The highest BCUT2D eigenvalue weighted by Crippen LogP contribution is 2.31. The molecule has 1 unspecified atom stereocenters. The molecule has 0 spiro atoms. The number of carboxylic acid groups (broad SMARTS) is 1. The van der Waals surface area contributed by atoms with E-state index in [0.29, 0.717) is 29.2 Å². The van der Waals surface area contributed by atoms with Gasteiger partial charge in [0.15, 0.2) is 0 Å². The van der Waals surface area contributed by atoms with E-state index in [0.717, 1.165) is 6.42 Å². The Kier molecular flexibility index (Phi) is 7.28. The molecular formula is C21H29N3O6S. The standard InChI is InChI=1S/C21H29N3O6S/c1-7-10-30-16-9-8-14(31(28,29)24-17(20(26)27)21(4,5)6)11-15(16)18-22-13(3)12(2)19(25)23-18/h8-9,11,17,24H,7,10H2,1-6H3,(H,26,27)(H,22,23,25). The molecular weight excluding hydrogens is 422 g/mol. The topological polar surface area (TPSA) is 138 Å². The minimum Gasteiger partial charge on any atom is -0.493 e. The summed E-state index contributed by atoms with van der Waals surface area (Å²) in [5, 5.41) is 9.48. The molecule has 0 bridgehead atoms. The molecule has 0 radical (unpaired) electrons. The molecule has 9 nitrogen and oxygen atoms in total. The van der Waals surface area contributed by atoms with Gasteiger partial charge in [0.05, 0.1) is 17.1 Å². The molecule has 1 heterocycles. The Morgan fingerprint density at radius 3 is 2.45 bits per heavy atom. The second-order valence-electron chi connectivity index (χ2n) is 8.39. The Balaban J connectivity index is 2.62. The maximum absolute atomic E-state index is 13.0. The number of sulfonamides is 1. The first-order valence-corrected chi connectivity index (χ1v) is 11.4. The van der Waals surface area contributed by atoms with Gasteiger partial charge in [0.2, 0.25) is 10.0 Å². The van der Waals surface area contributed by atoms with Crippen LogP contribution < -0.4 is 15.0 Å². The van der Waals surface area contributed by atoms with E-state index in [-0.39, 0.29) is 16.3 Å². The van der Waals surface area contributed by atoms with Crippen LogP contribution in [0, 0.1) is 19.3 Å². The van der Waals surface area contributed by atoms with Gasteiger partial charge in [-0.3, -0.25) is 9.59 Å². The van der Waals surface area contributed by atoms with Crippen LogP contribution in [0.2, 0.25) is 0 Å². The average molecular weight is 452 g/mol. The Morgan fingerprint density at radius 1 is 1.29 bits per heavy atom. The van der Waals surface area contributed by atoms with E-state index < -0.39 is 27.4 Å². The molecule has 0 aliphatic carbocycles. The van der Waals surface area contributed by atoms with E-state index in [1.807, 2.05) is 6.92 Å². The zero-order valence-corrected chi connectivity index (χ0v) is 19.4. The van der Waals surface area contributed by atoms with Gasteiger partial charge in [0.25, 0.3) is 5.56 Å². The number of benzene rings is 1. The summed E-state index contributed by atoms with van der Waals surface area (Å²) in [6, 6.07) is 2.79. The summed E-state index contributed by atoms with van der Waals surface area (Å²) in [6.45, 7) is 10.5. The molecule has 0 saturated heterocycles. The lowest BCUT2D eigenvalue weighted by molar-refractivity contribution is -0.141. The number of aryl methyl sites for hydroxylation is 1. The number of hydrogen-bond donors (Lipinski definition) is 3. The summed E-state index contributed by atoms with van der Waals surface area (Å²) in [6.07, 6.45) is 0.726. The monoisotopic (exact) mass is 451 g/mol. The molecule has 1 atom stereocenters. The molecule has 0 aliphatic heterocycles. The summed E-state index contributed by atoms with van der Waals surface area (Å²) in [7, 11) is -4.19. The first-order chi connectivity index (χ1) is 14.3. The second-order valence-corrected chi connectivity index (χ2v) is 10.1. The average Bonchev–Trinajstić information content (AvgIpc) is 2.67. The Bertz CT molecular complexity index is 1130. The highest BCUT2D eigenvalue weighted by Gasteiger charge is 2.35. The third-order valence-corrected chi connectivity index (χ3v) is 6.18. The van der Waals surface area contributed by atoms with Crippen molar-refractivity contribution < 1.29 is 23.1 Å². The van der Waals surface area contributed by atoms with Crippen molar-refractivity contribution >= 4 is 16.0 Å². The number of carboxylic acids is 1. The van der Waals surface area contributed by atoms with E-state index in [2.05, 4.69) is 14.7 Å². The van der Waals surface area contributed by atoms with Crippen molar-refractivity contribution in [3.8, 4) is 17.1 Å². The van der Waals surface area contributed by atoms with Crippen molar-refractivity contribution in [2.75, 3.05) is 6.61 Å². The van der Waals surface area contributed by atoms with Crippen LogP contribution in [0.3, 0.4) is 0 Å². The normalized spacial score (nSPS) is 13.1.